The molecule has 6 nitrogen and oxygen atoms in total. The van der Waals surface area contributed by atoms with E-state index in [9.17, 15) is 14.7 Å². The predicted octanol–water partition coefficient (Wildman–Crippen LogP) is 3.95. The number of nitrogens with zero attached hydrogens (tertiary/aromatic N) is 1. The number of allylic oxidation sites excluding steroid dienone is 4. The SMILES string of the molecule is C=CC1=C(/C=C(\C)O)C23CCNC(C1)C21CCC(N(C)C(=O)c2cccc(=O)[nH]2)C3[C@@H](C)C1. The van der Waals surface area contributed by atoms with Crippen molar-refractivity contribution in [3.8, 4) is 0 Å². The van der Waals surface area contributed by atoms with Crippen molar-refractivity contribution in [2.75, 3.05) is 13.6 Å². The summed E-state index contributed by atoms with van der Waals surface area (Å²) in [4.78, 5) is 29.9. The van der Waals surface area contributed by atoms with Crippen LogP contribution in [0.4, 0.5) is 0 Å². The number of pyridine rings is 1. The third-order valence-corrected chi connectivity index (χ3v) is 9.30. The Balaban J connectivity index is 1.64. The number of aliphatic hydroxyl groups is 1. The Labute approximate surface area is 195 Å². The van der Waals surface area contributed by atoms with E-state index in [-0.39, 0.29) is 34.3 Å². The molecular weight excluding hydrogens is 414 g/mol. The van der Waals surface area contributed by atoms with Gasteiger partial charge in [-0.2, -0.15) is 0 Å². The summed E-state index contributed by atoms with van der Waals surface area (Å²) in [5.74, 6) is 0.911. The van der Waals surface area contributed by atoms with Crippen molar-refractivity contribution in [2.45, 2.75) is 58.0 Å². The fourth-order valence-corrected chi connectivity index (χ4v) is 8.44. The Bertz CT molecular complexity index is 1110. The Morgan fingerprint density at radius 3 is 2.82 bits per heavy atom. The van der Waals surface area contributed by atoms with Crippen molar-refractivity contribution in [3.05, 3.63) is 69.9 Å². The second kappa shape index (κ2) is 7.73. The van der Waals surface area contributed by atoms with Crippen LogP contribution in [-0.2, 0) is 0 Å². The van der Waals surface area contributed by atoms with Gasteiger partial charge >= 0.3 is 0 Å². The molecule has 1 saturated heterocycles. The zero-order valence-corrected chi connectivity index (χ0v) is 19.9. The van der Waals surface area contributed by atoms with Gasteiger partial charge < -0.3 is 20.3 Å². The van der Waals surface area contributed by atoms with E-state index in [1.54, 1.807) is 19.1 Å². The number of amides is 1. The van der Waals surface area contributed by atoms with Crippen molar-refractivity contribution in [1.29, 1.82) is 0 Å². The van der Waals surface area contributed by atoms with Gasteiger partial charge in [-0.15, -0.1) is 0 Å². The Morgan fingerprint density at radius 1 is 1.33 bits per heavy atom. The smallest absolute Gasteiger partial charge is 0.270 e. The summed E-state index contributed by atoms with van der Waals surface area (Å²) in [6, 6.07) is 5.21. The highest BCUT2D eigenvalue weighted by atomic mass is 16.3. The monoisotopic (exact) mass is 449 g/mol. The summed E-state index contributed by atoms with van der Waals surface area (Å²) in [6.45, 7) is 9.16. The Hall–Kier alpha value is -2.60. The zero-order chi connectivity index (χ0) is 23.5. The van der Waals surface area contributed by atoms with Crippen LogP contribution in [0.3, 0.4) is 0 Å². The zero-order valence-electron chi connectivity index (χ0n) is 19.9. The Kier molecular flexibility index (Phi) is 5.20. The van der Waals surface area contributed by atoms with Crippen LogP contribution in [0.15, 0.2) is 58.6 Å². The van der Waals surface area contributed by atoms with Crippen LogP contribution in [0.25, 0.3) is 0 Å². The number of aromatic nitrogens is 1. The molecule has 4 aliphatic rings. The third kappa shape index (κ3) is 2.96. The second-order valence-electron chi connectivity index (χ2n) is 10.7. The number of aliphatic hydroxyl groups excluding tert-OH is 1. The summed E-state index contributed by atoms with van der Waals surface area (Å²) in [5.41, 5.74) is 2.56. The minimum absolute atomic E-state index is 0.0668. The summed E-state index contributed by atoms with van der Waals surface area (Å²) < 4.78 is 0. The molecule has 33 heavy (non-hydrogen) atoms. The molecule has 3 N–H and O–H groups in total. The number of nitrogens with one attached hydrogen (secondary N) is 2. The molecule has 4 bridgehead atoms. The molecule has 3 aliphatic carbocycles. The first-order chi connectivity index (χ1) is 15.7. The number of hydrogen-bond acceptors (Lipinski definition) is 4. The maximum Gasteiger partial charge on any atom is 0.270 e. The van der Waals surface area contributed by atoms with Gasteiger partial charge in [0.25, 0.3) is 5.91 Å². The molecule has 1 aliphatic heterocycles. The van der Waals surface area contributed by atoms with Gasteiger partial charge in [-0.1, -0.05) is 25.6 Å². The molecule has 2 saturated carbocycles. The number of aromatic amines is 1. The molecular formula is C27H35N3O3. The number of H-pyrrole nitrogens is 1. The van der Waals surface area contributed by atoms with Crippen LogP contribution in [0, 0.1) is 22.7 Å². The van der Waals surface area contributed by atoms with Crippen LogP contribution >= 0.6 is 0 Å². The standard InChI is InChI=1S/C27H35N3O3/c1-5-18-14-22-26-10-9-21(30(4)25(33)20-7-6-8-23(32)29-20)24(16(2)15-26)27(26,11-12-28-22)19(18)13-17(3)31/h5-8,13,16,21-22,24,28,31H,1,9-12,14-15H2,2-4H3,(H,29,32)/b17-13+/t16-,21?,22?,24?,26?,27?/m0/s1. The molecule has 6 heteroatoms. The minimum Gasteiger partial charge on any atom is -0.513 e. The van der Waals surface area contributed by atoms with Gasteiger partial charge in [-0.25, -0.2) is 0 Å². The van der Waals surface area contributed by atoms with Gasteiger partial charge in [0.2, 0.25) is 5.56 Å². The molecule has 0 radical (unpaired) electrons. The van der Waals surface area contributed by atoms with Gasteiger partial charge in [-0.3, -0.25) is 9.59 Å². The molecule has 0 spiro atoms. The summed E-state index contributed by atoms with van der Waals surface area (Å²) in [5, 5.41) is 14.2. The highest BCUT2D eigenvalue weighted by Crippen LogP contribution is 2.75. The van der Waals surface area contributed by atoms with E-state index < -0.39 is 0 Å². The van der Waals surface area contributed by atoms with E-state index in [0.717, 1.165) is 38.6 Å². The second-order valence-corrected chi connectivity index (χ2v) is 10.7. The highest BCUT2D eigenvalue weighted by Gasteiger charge is 2.72. The van der Waals surface area contributed by atoms with Crippen molar-refractivity contribution < 1.29 is 9.90 Å². The van der Waals surface area contributed by atoms with Crippen LogP contribution in [0.1, 0.15) is 56.4 Å². The van der Waals surface area contributed by atoms with Crippen molar-refractivity contribution in [3.63, 3.8) is 0 Å². The molecule has 1 amide bonds. The average molecular weight is 450 g/mol. The first-order valence-electron chi connectivity index (χ1n) is 12.2. The van der Waals surface area contributed by atoms with Gasteiger partial charge in [0.15, 0.2) is 0 Å². The first kappa shape index (κ1) is 22.2. The molecule has 6 atom stereocenters. The van der Waals surface area contributed by atoms with Gasteiger partial charge in [0, 0.05) is 30.6 Å². The Morgan fingerprint density at radius 2 is 2.12 bits per heavy atom. The van der Waals surface area contributed by atoms with E-state index >= 15 is 0 Å². The number of piperidine rings is 1. The maximum absolute atomic E-state index is 13.5. The van der Waals surface area contributed by atoms with E-state index in [2.05, 4.69) is 23.8 Å². The molecule has 2 heterocycles. The minimum atomic E-state index is -0.261. The topological polar surface area (TPSA) is 85.4 Å². The predicted molar refractivity (Wildman–Crippen MR) is 129 cm³/mol. The lowest BCUT2D eigenvalue weighted by Crippen LogP contribution is -2.67. The molecule has 1 aromatic rings. The molecule has 5 rings (SSSR count). The number of carbonyl (C=O) groups excluding carboxylic acids is 1. The lowest BCUT2D eigenvalue weighted by atomic mass is 9.43. The molecule has 176 valence electrons. The maximum atomic E-state index is 13.5. The lowest BCUT2D eigenvalue weighted by molar-refractivity contribution is -0.0786. The van der Waals surface area contributed by atoms with Gasteiger partial charge in [-0.05, 0) is 86.1 Å². The number of hydrogen-bond donors (Lipinski definition) is 3. The van der Waals surface area contributed by atoms with Crippen molar-refractivity contribution in [2.24, 2.45) is 22.7 Å². The highest BCUT2D eigenvalue weighted by molar-refractivity contribution is 5.92. The van der Waals surface area contributed by atoms with Gasteiger partial charge in [0.1, 0.15) is 5.69 Å². The van der Waals surface area contributed by atoms with Crippen LogP contribution < -0.4 is 10.9 Å². The van der Waals surface area contributed by atoms with Gasteiger partial charge in [0.05, 0.1) is 5.76 Å². The number of rotatable bonds is 4. The van der Waals surface area contributed by atoms with Crippen molar-refractivity contribution >= 4 is 5.91 Å². The molecule has 1 aromatic heterocycles. The molecule has 3 fully saturated rings. The fourth-order valence-electron chi connectivity index (χ4n) is 8.44. The van der Waals surface area contributed by atoms with E-state index in [4.69, 9.17) is 0 Å². The number of carbonyl (C=O) groups is 1. The fraction of sp³-hybridized carbons (Fsp3) is 0.556. The average Bonchev–Trinajstić information content (AvgIpc) is 2.95. The quantitative estimate of drug-likeness (QED) is 0.608. The van der Waals surface area contributed by atoms with Crippen molar-refractivity contribution in [1.82, 2.24) is 15.2 Å². The third-order valence-electron chi connectivity index (χ3n) is 9.30. The van der Waals surface area contributed by atoms with E-state index in [1.165, 1.54) is 17.2 Å². The summed E-state index contributed by atoms with van der Waals surface area (Å²) in [7, 11) is 1.89. The molecule has 0 aromatic carbocycles. The first-order valence-corrected chi connectivity index (χ1v) is 12.2. The lowest BCUT2D eigenvalue weighted by Gasteiger charge is -2.65. The summed E-state index contributed by atoms with van der Waals surface area (Å²) >= 11 is 0. The van der Waals surface area contributed by atoms with E-state index in [0.29, 0.717) is 23.4 Å². The normalized spacial score (nSPS) is 37.5. The van der Waals surface area contributed by atoms with Crippen LogP contribution in [0.2, 0.25) is 0 Å². The largest absolute Gasteiger partial charge is 0.513 e. The van der Waals surface area contributed by atoms with E-state index in [1.807, 2.05) is 24.1 Å². The van der Waals surface area contributed by atoms with Crippen LogP contribution in [-0.4, -0.2) is 46.6 Å². The van der Waals surface area contributed by atoms with Crippen LogP contribution in [0.5, 0.6) is 0 Å². The molecule has 5 unspecified atom stereocenters. The summed E-state index contributed by atoms with van der Waals surface area (Å²) in [6.07, 6.45) is 9.02.